The summed E-state index contributed by atoms with van der Waals surface area (Å²) in [4.78, 5) is 24.0. The number of aryl methyl sites for hydroxylation is 1. The van der Waals surface area contributed by atoms with Crippen LogP contribution in [0.4, 0.5) is 10.1 Å². The minimum absolute atomic E-state index is 0.0590. The summed E-state index contributed by atoms with van der Waals surface area (Å²) < 4.78 is 17.7. The van der Waals surface area contributed by atoms with Crippen LogP contribution in [0.5, 0.6) is 0 Å². The van der Waals surface area contributed by atoms with Gasteiger partial charge in [-0.15, -0.1) is 11.8 Å². The molecule has 0 fully saturated rings. The average molecular weight is 333 g/mol. The highest BCUT2D eigenvalue weighted by atomic mass is 32.2. The van der Waals surface area contributed by atoms with Gasteiger partial charge in [-0.1, -0.05) is 17.7 Å². The summed E-state index contributed by atoms with van der Waals surface area (Å²) in [5.41, 5.74) is 1.74. The number of rotatable bonds is 6. The molecule has 0 saturated heterocycles. The molecule has 0 spiro atoms. The predicted octanol–water partition coefficient (Wildman–Crippen LogP) is 3.41. The third kappa shape index (κ3) is 6.12. The van der Waals surface area contributed by atoms with Crippen molar-refractivity contribution in [2.45, 2.75) is 11.8 Å². The Bertz CT molecular complexity index is 671. The smallest absolute Gasteiger partial charge is 0.316 e. The van der Waals surface area contributed by atoms with Crippen molar-refractivity contribution in [3.63, 3.8) is 0 Å². The van der Waals surface area contributed by atoms with Gasteiger partial charge in [-0.2, -0.15) is 0 Å². The van der Waals surface area contributed by atoms with Crippen LogP contribution in [0.2, 0.25) is 0 Å². The molecule has 4 nitrogen and oxygen atoms in total. The Hall–Kier alpha value is -2.34. The van der Waals surface area contributed by atoms with Crippen LogP contribution in [-0.4, -0.2) is 24.2 Å². The van der Waals surface area contributed by atoms with Gasteiger partial charge >= 0.3 is 5.97 Å². The first-order chi connectivity index (χ1) is 11.0. The van der Waals surface area contributed by atoms with E-state index in [4.69, 9.17) is 4.74 Å². The van der Waals surface area contributed by atoms with Crippen molar-refractivity contribution in [3.05, 3.63) is 59.9 Å². The van der Waals surface area contributed by atoms with E-state index in [-0.39, 0.29) is 18.2 Å². The van der Waals surface area contributed by atoms with Crippen LogP contribution in [0, 0.1) is 12.7 Å². The molecule has 2 aromatic carbocycles. The average Bonchev–Trinajstić information content (AvgIpc) is 2.54. The van der Waals surface area contributed by atoms with Gasteiger partial charge in [0.15, 0.2) is 6.61 Å². The maximum absolute atomic E-state index is 12.8. The maximum atomic E-state index is 12.8. The van der Waals surface area contributed by atoms with Gasteiger partial charge in [-0.05, 0) is 43.3 Å². The molecule has 0 aliphatic heterocycles. The molecule has 0 aliphatic rings. The highest BCUT2D eigenvalue weighted by molar-refractivity contribution is 8.00. The zero-order valence-corrected chi connectivity index (χ0v) is 13.4. The zero-order chi connectivity index (χ0) is 16.7. The largest absolute Gasteiger partial charge is 0.455 e. The van der Waals surface area contributed by atoms with E-state index < -0.39 is 11.9 Å². The Morgan fingerprint density at radius 3 is 2.39 bits per heavy atom. The molecule has 0 unspecified atom stereocenters. The highest BCUT2D eigenvalue weighted by Crippen LogP contribution is 2.18. The van der Waals surface area contributed by atoms with Gasteiger partial charge in [0.1, 0.15) is 5.82 Å². The maximum Gasteiger partial charge on any atom is 0.316 e. The lowest BCUT2D eigenvalue weighted by Crippen LogP contribution is -2.21. The second-order valence-corrected chi connectivity index (χ2v) is 5.87. The third-order valence-electron chi connectivity index (χ3n) is 2.87. The second-order valence-electron chi connectivity index (χ2n) is 4.82. The predicted molar refractivity (Wildman–Crippen MR) is 87.9 cm³/mol. The number of hydrogen-bond acceptors (Lipinski definition) is 4. The molecule has 0 aliphatic carbocycles. The number of thioether (sulfide) groups is 1. The van der Waals surface area contributed by atoms with Crippen LogP contribution in [-0.2, 0) is 14.3 Å². The molecule has 2 rings (SSSR count). The van der Waals surface area contributed by atoms with Crippen molar-refractivity contribution in [1.82, 2.24) is 0 Å². The molecule has 0 heterocycles. The first-order valence-electron chi connectivity index (χ1n) is 6.93. The minimum Gasteiger partial charge on any atom is -0.455 e. The van der Waals surface area contributed by atoms with E-state index >= 15 is 0 Å². The Labute approximate surface area is 138 Å². The molecule has 1 N–H and O–H groups in total. The lowest BCUT2D eigenvalue weighted by atomic mass is 10.2. The molecule has 23 heavy (non-hydrogen) atoms. The Morgan fingerprint density at radius 1 is 1.09 bits per heavy atom. The van der Waals surface area contributed by atoms with Crippen molar-refractivity contribution in [2.75, 3.05) is 17.7 Å². The SMILES string of the molecule is Cc1ccc(NC(=O)COC(=O)CSc2ccc(F)cc2)cc1. The van der Waals surface area contributed by atoms with Gasteiger partial charge in [-0.3, -0.25) is 9.59 Å². The summed E-state index contributed by atoms with van der Waals surface area (Å²) in [6.07, 6.45) is 0. The number of hydrogen-bond donors (Lipinski definition) is 1. The van der Waals surface area contributed by atoms with E-state index in [1.807, 2.05) is 19.1 Å². The van der Waals surface area contributed by atoms with E-state index in [0.717, 1.165) is 10.5 Å². The Balaban J connectivity index is 1.70. The van der Waals surface area contributed by atoms with Gasteiger partial charge in [0.05, 0.1) is 5.75 Å². The molecular weight excluding hydrogens is 317 g/mol. The summed E-state index contributed by atoms with van der Waals surface area (Å²) in [6.45, 7) is 1.61. The van der Waals surface area contributed by atoms with E-state index in [0.29, 0.717) is 5.69 Å². The molecule has 6 heteroatoms. The zero-order valence-electron chi connectivity index (χ0n) is 12.5. The van der Waals surface area contributed by atoms with Crippen LogP contribution in [0.25, 0.3) is 0 Å². The van der Waals surface area contributed by atoms with Gasteiger partial charge in [0.25, 0.3) is 5.91 Å². The van der Waals surface area contributed by atoms with Crippen molar-refractivity contribution >= 4 is 29.3 Å². The standard InChI is InChI=1S/C17H16FNO3S/c1-12-2-6-14(7-3-12)19-16(20)10-22-17(21)11-23-15-8-4-13(18)5-9-15/h2-9H,10-11H2,1H3,(H,19,20). The quantitative estimate of drug-likeness (QED) is 0.650. The number of nitrogens with one attached hydrogen (secondary N) is 1. The summed E-state index contributed by atoms with van der Waals surface area (Å²) in [5.74, 6) is -1.17. The third-order valence-corrected chi connectivity index (χ3v) is 3.86. The van der Waals surface area contributed by atoms with E-state index in [9.17, 15) is 14.0 Å². The fraction of sp³-hybridized carbons (Fsp3) is 0.176. The van der Waals surface area contributed by atoms with Gasteiger partial charge in [0.2, 0.25) is 0 Å². The monoisotopic (exact) mass is 333 g/mol. The summed E-state index contributed by atoms with van der Waals surface area (Å²) in [6, 6.07) is 13.1. The first kappa shape index (κ1) is 17.0. The Morgan fingerprint density at radius 2 is 1.74 bits per heavy atom. The summed E-state index contributed by atoms with van der Waals surface area (Å²) in [5, 5.41) is 2.64. The molecule has 0 bridgehead atoms. The normalized spacial score (nSPS) is 10.2. The number of esters is 1. The molecule has 2 aromatic rings. The number of carbonyl (C=O) groups is 2. The fourth-order valence-electron chi connectivity index (χ4n) is 1.69. The summed E-state index contributed by atoms with van der Waals surface area (Å²) >= 11 is 1.22. The van der Waals surface area contributed by atoms with Crippen molar-refractivity contribution < 1.29 is 18.7 Å². The van der Waals surface area contributed by atoms with E-state index in [1.165, 1.54) is 23.9 Å². The molecule has 0 radical (unpaired) electrons. The summed E-state index contributed by atoms with van der Waals surface area (Å²) in [7, 11) is 0. The number of carbonyl (C=O) groups excluding carboxylic acids is 2. The fourth-order valence-corrected chi connectivity index (χ4v) is 2.39. The van der Waals surface area contributed by atoms with Crippen LogP contribution >= 0.6 is 11.8 Å². The van der Waals surface area contributed by atoms with Crippen LogP contribution in [0.3, 0.4) is 0 Å². The van der Waals surface area contributed by atoms with Gasteiger partial charge in [-0.25, -0.2) is 4.39 Å². The lowest BCUT2D eigenvalue weighted by Gasteiger charge is -2.07. The number of anilines is 1. The van der Waals surface area contributed by atoms with Gasteiger partial charge in [0, 0.05) is 10.6 Å². The van der Waals surface area contributed by atoms with Gasteiger partial charge < -0.3 is 10.1 Å². The minimum atomic E-state index is -0.501. The van der Waals surface area contributed by atoms with Crippen molar-refractivity contribution in [1.29, 1.82) is 0 Å². The van der Waals surface area contributed by atoms with Crippen LogP contribution in [0.15, 0.2) is 53.4 Å². The molecule has 0 aromatic heterocycles. The number of benzene rings is 2. The number of ether oxygens (including phenoxy) is 1. The highest BCUT2D eigenvalue weighted by Gasteiger charge is 2.08. The van der Waals surface area contributed by atoms with Crippen LogP contribution < -0.4 is 5.32 Å². The molecule has 0 atom stereocenters. The van der Waals surface area contributed by atoms with Crippen LogP contribution in [0.1, 0.15) is 5.56 Å². The first-order valence-corrected chi connectivity index (χ1v) is 7.92. The van der Waals surface area contributed by atoms with E-state index in [1.54, 1.807) is 24.3 Å². The number of amides is 1. The van der Waals surface area contributed by atoms with Crippen molar-refractivity contribution in [3.8, 4) is 0 Å². The van der Waals surface area contributed by atoms with Crippen molar-refractivity contribution in [2.24, 2.45) is 0 Å². The second kappa shape index (κ2) is 8.33. The molecular formula is C17H16FNO3S. The van der Waals surface area contributed by atoms with E-state index in [2.05, 4.69) is 5.32 Å². The molecule has 0 saturated carbocycles. The molecule has 1 amide bonds. The topological polar surface area (TPSA) is 55.4 Å². The Kier molecular flexibility index (Phi) is 6.17. The molecule has 120 valence electrons. The number of halogens is 1. The lowest BCUT2D eigenvalue weighted by molar-refractivity contribution is -0.144.